The van der Waals surface area contributed by atoms with Crippen LogP contribution in [0, 0.1) is 11.3 Å². The molecule has 0 aromatic carbocycles. The smallest absolute Gasteiger partial charge is 0.299 e. The summed E-state index contributed by atoms with van der Waals surface area (Å²) in [5.74, 6) is 0.597. The van der Waals surface area contributed by atoms with Crippen molar-refractivity contribution in [3.05, 3.63) is 41.9 Å². The first-order valence-corrected chi connectivity index (χ1v) is 7.58. The third-order valence-corrected chi connectivity index (χ3v) is 2.59. The molecule has 0 aliphatic rings. The fourth-order valence-electron chi connectivity index (χ4n) is 1.39. The van der Waals surface area contributed by atoms with Gasteiger partial charge in [-0.3, -0.25) is 9.78 Å². The van der Waals surface area contributed by atoms with Crippen molar-refractivity contribution in [3.63, 3.8) is 0 Å². The number of anilines is 1. The molecule has 2 aromatic heterocycles. The number of ether oxygens (including phenoxy) is 1. The number of carbonyl (C=O) groups excluding carboxylic acids is 1. The van der Waals surface area contributed by atoms with E-state index in [1.54, 1.807) is 6.07 Å². The summed E-state index contributed by atoms with van der Waals surface area (Å²) in [5, 5.41) is 18.2. The van der Waals surface area contributed by atoms with E-state index < -0.39 is 0 Å². The normalized spacial score (nSPS) is 8.71. The molecule has 7 nitrogen and oxygen atoms in total. The molecule has 1 N–H and O–H groups in total. The molecule has 2 aromatic rings. The number of nitrogens with zero attached hydrogens (tertiary/aromatic N) is 4. The average Bonchev–Trinajstić information content (AvgIpc) is 2.65. The standard InChI is InChI=1S/C9H14N2.C6H3N3O2.C2H6/c1-7(2)9-5-4-8(10-3)6-11-9;7-3-5-1-2-6(9-8-5)11-4-10;1-2/h4-7,10H,1-3H3;1-2,4H;1-2H3. The Kier molecular flexibility index (Phi) is 11.0. The van der Waals surface area contributed by atoms with Gasteiger partial charge in [0.05, 0.1) is 11.9 Å². The van der Waals surface area contributed by atoms with Crippen molar-refractivity contribution in [1.82, 2.24) is 15.2 Å². The van der Waals surface area contributed by atoms with Crippen LogP contribution in [0.25, 0.3) is 0 Å². The van der Waals surface area contributed by atoms with E-state index in [0.29, 0.717) is 5.92 Å². The molecule has 0 atom stereocenters. The van der Waals surface area contributed by atoms with E-state index in [-0.39, 0.29) is 18.0 Å². The van der Waals surface area contributed by atoms with Crippen molar-refractivity contribution in [2.75, 3.05) is 12.4 Å². The monoisotopic (exact) mass is 329 g/mol. The van der Waals surface area contributed by atoms with E-state index in [0.717, 1.165) is 11.4 Å². The van der Waals surface area contributed by atoms with Crippen molar-refractivity contribution < 1.29 is 9.53 Å². The van der Waals surface area contributed by atoms with Crippen molar-refractivity contribution in [3.8, 4) is 11.9 Å². The lowest BCUT2D eigenvalue weighted by Crippen LogP contribution is -1.94. The molecule has 0 aliphatic carbocycles. The summed E-state index contributed by atoms with van der Waals surface area (Å²) in [7, 11) is 1.89. The summed E-state index contributed by atoms with van der Waals surface area (Å²) in [4.78, 5) is 14.1. The second-order valence-electron chi connectivity index (χ2n) is 4.46. The first-order valence-electron chi connectivity index (χ1n) is 7.58. The van der Waals surface area contributed by atoms with Gasteiger partial charge in [0.2, 0.25) is 5.88 Å². The molecule has 0 saturated carbocycles. The van der Waals surface area contributed by atoms with E-state index in [1.807, 2.05) is 33.2 Å². The number of nitrogens with one attached hydrogen (secondary N) is 1. The summed E-state index contributed by atoms with van der Waals surface area (Å²) in [6.07, 6.45) is 1.86. The van der Waals surface area contributed by atoms with E-state index >= 15 is 0 Å². The lowest BCUT2D eigenvalue weighted by molar-refractivity contribution is -0.121. The van der Waals surface area contributed by atoms with Crippen LogP contribution >= 0.6 is 0 Å². The number of hydrogen-bond acceptors (Lipinski definition) is 7. The molecule has 2 rings (SSSR count). The topological polar surface area (TPSA) is 101 Å². The van der Waals surface area contributed by atoms with E-state index in [1.165, 1.54) is 12.1 Å². The Bertz CT molecular complexity index is 619. The highest BCUT2D eigenvalue weighted by Crippen LogP contribution is 2.12. The second-order valence-corrected chi connectivity index (χ2v) is 4.46. The highest BCUT2D eigenvalue weighted by Gasteiger charge is 1.98. The lowest BCUT2D eigenvalue weighted by Gasteiger charge is -2.04. The molecule has 24 heavy (non-hydrogen) atoms. The van der Waals surface area contributed by atoms with E-state index in [2.05, 4.69) is 45.1 Å². The molecule has 0 saturated heterocycles. The van der Waals surface area contributed by atoms with Crippen LogP contribution in [0.15, 0.2) is 30.5 Å². The molecule has 7 heteroatoms. The van der Waals surface area contributed by atoms with Gasteiger partial charge in [0.25, 0.3) is 6.47 Å². The van der Waals surface area contributed by atoms with E-state index in [4.69, 9.17) is 5.26 Å². The highest BCUT2D eigenvalue weighted by atomic mass is 16.5. The Morgan fingerprint density at radius 2 is 1.92 bits per heavy atom. The molecular formula is C17H23N5O2. The first kappa shape index (κ1) is 21.0. The Balaban J connectivity index is 0.000000400. The number of hydrogen-bond donors (Lipinski definition) is 1. The highest BCUT2D eigenvalue weighted by molar-refractivity contribution is 5.42. The molecule has 0 spiro atoms. The maximum Gasteiger partial charge on any atom is 0.299 e. The van der Waals surface area contributed by atoms with Crippen molar-refractivity contribution in [2.45, 2.75) is 33.6 Å². The van der Waals surface area contributed by atoms with Gasteiger partial charge in [0.1, 0.15) is 6.07 Å². The molecule has 128 valence electrons. The maximum atomic E-state index is 9.77. The predicted molar refractivity (Wildman–Crippen MR) is 92.7 cm³/mol. The van der Waals surface area contributed by atoms with Gasteiger partial charge < -0.3 is 10.1 Å². The van der Waals surface area contributed by atoms with Gasteiger partial charge in [0, 0.05) is 18.8 Å². The van der Waals surface area contributed by atoms with Crippen LogP contribution in [-0.2, 0) is 4.79 Å². The minimum absolute atomic E-state index is 0.0824. The maximum absolute atomic E-state index is 9.77. The van der Waals surface area contributed by atoms with Crippen molar-refractivity contribution in [1.29, 1.82) is 5.26 Å². The minimum Gasteiger partial charge on any atom is -0.408 e. The van der Waals surface area contributed by atoms with Crippen LogP contribution in [0.1, 0.15) is 45.0 Å². The first-order chi connectivity index (χ1) is 11.6. The summed E-state index contributed by atoms with van der Waals surface area (Å²) in [6, 6.07) is 8.67. The zero-order chi connectivity index (χ0) is 18.4. The Hall–Kier alpha value is -3.01. The van der Waals surface area contributed by atoms with Gasteiger partial charge in [0.15, 0.2) is 5.69 Å². The number of aromatic nitrogens is 3. The molecule has 0 fully saturated rings. The molecule has 0 radical (unpaired) electrons. The Morgan fingerprint density at radius 1 is 1.21 bits per heavy atom. The number of nitriles is 1. The molecule has 0 amide bonds. The second kappa shape index (κ2) is 12.5. The third kappa shape index (κ3) is 7.84. The third-order valence-electron chi connectivity index (χ3n) is 2.59. The summed E-state index contributed by atoms with van der Waals surface area (Å²) in [5.41, 5.74) is 2.39. The quantitative estimate of drug-likeness (QED) is 0.860. The summed E-state index contributed by atoms with van der Waals surface area (Å²) < 4.78 is 4.34. The number of pyridine rings is 1. The zero-order valence-electron chi connectivity index (χ0n) is 14.6. The molecule has 2 heterocycles. The predicted octanol–water partition coefficient (Wildman–Crippen LogP) is 3.16. The zero-order valence-corrected chi connectivity index (χ0v) is 14.6. The molecular weight excluding hydrogens is 306 g/mol. The number of carbonyl (C=O) groups is 1. The van der Waals surface area contributed by atoms with Crippen molar-refractivity contribution >= 4 is 12.2 Å². The van der Waals surface area contributed by atoms with Gasteiger partial charge in [-0.2, -0.15) is 5.26 Å². The minimum atomic E-state index is 0.0824. The number of rotatable bonds is 4. The van der Waals surface area contributed by atoms with Gasteiger partial charge in [-0.1, -0.05) is 27.7 Å². The van der Waals surface area contributed by atoms with Crippen LogP contribution in [0.4, 0.5) is 5.69 Å². The Morgan fingerprint density at radius 3 is 2.29 bits per heavy atom. The van der Waals surface area contributed by atoms with Gasteiger partial charge >= 0.3 is 0 Å². The molecule has 0 aliphatic heterocycles. The summed E-state index contributed by atoms with van der Waals surface area (Å²) in [6.45, 7) is 8.53. The fourth-order valence-corrected chi connectivity index (χ4v) is 1.39. The largest absolute Gasteiger partial charge is 0.408 e. The van der Waals surface area contributed by atoms with Crippen LogP contribution in [0.2, 0.25) is 0 Å². The van der Waals surface area contributed by atoms with Crippen LogP contribution in [0.5, 0.6) is 5.88 Å². The van der Waals surface area contributed by atoms with Crippen LogP contribution in [0.3, 0.4) is 0 Å². The fraction of sp³-hybridized carbons (Fsp3) is 0.353. The Labute approximate surface area is 142 Å². The van der Waals surface area contributed by atoms with Crippen LogP contribution < -0.4 is 10.1 Å². The molecule has 0 bridgehead atoms. The lowest BCUT2D eigenvalue weighted by atomic mass is 10.1. The van der Waals surface area contributed by atoms with Crippen LogP contribution in [-0.4, -0.2) is 28.7 Å². The van der Waals surface area contributed by atoms with Gasteiger partial charge in [-0.15, -0.1) is 10.2 Å². The average molecular weight is 329 g/mol. The van der Waals surface area contributed by atoms with Gasteiger partial charge in [-0.05, 0) is 24.1 Å². The summed E-state index contributed by atoms with van der Waals surface area (Å²) >= 11 is 0. The van der Waals surface area contributed by atoms with Gasteiger partial charge in [-0.25, -0.2) is 0 Å². The van der Waals surface area contributed by atoms with E-state index in [9.17, 15) is 4.79 Å². The van der Waals surface area contributed by atoms with Crippen molar-refractivity contribution in [2.24, 2.45) is 0 Å². The SMILES string of the molecule is CC.CNc1ccc(C(C)C)nc1.N#Cc1ccc(OC=O)nn1. The molecule has 0 unspecified atom stereocenters.